The van der Waals surface area contributed by atoms with Crippen molar-refractivity contribution in [1.82, 2.24) is 14.4 Å². The first-order valence-electron chi connectivity index (χ1n) is 7.17. The van der Waals surface area contributed by atoms with E-state index in [0.717, 1.165) is 4.88 Å². The van der Waals surface area contributed by atoms with Gasteiger partial charge in [0.25, 0.3) is 15.9 Å². The molecule has 0 aliphatic carbocycles. The highest BCUT2D eigenvalue weighted by molar-refractivity contribution is 7.91. The van der Waals surface area contributed by atoms with Crippen LogP contribution in [0.4, 0.5) is 0 Å². The standard InChI is InChI=1S/C14H17N3O4S2/c1-10-9-12(15-21-10)14(18)16-5-7-17(8-6-16)23(19,20)13-4-3-11(2)22-13/h3-4,9H,5-8H2,1-2H3. The van der Waals surface area contributed by atoms with Gasteiger partial charge in [0.05, 0.1) is 0 Å². The van der Waals surface area contributed by atoms with Crippen LogP contribution in [0.1, 0.15) is 21.1 Å². The van der Waals surface area contributed by atoms with Crippen LogP contribution in [-0.4, -0.2) is 54.9 Å². The zero-order valence-electron chi connectivity index (χ0n) is 12.9. The molecule has 3 rings (SSSR count). The Morgan fingerprint density at radius 2 is 1.91 bits per heavy atom. The van der Waals surface area contributed by atoms with E-state index in [9.17, 15) is 13.2 Å². The molecule has 124 valence electrons. The Balaban J connectivity index is 1.67. The first-order chi connectivity index (χ1) is 10.9. The summed E-state index contributed by atoms with van der Waals surface area (Å²) in [6.45, 7) is 4.84. The van der Waals surface area contributed by atoms with E-state index in [1.54, 1.807) is 30.0 Å². The van der Waals surface area contributed by atoms with E-state index in [1.807, 2.05) is 6.92 Å². The number of sulfonamides is 1. The molecule has 3 heterocycles. The highest BCUT2D eigenvalue weighted by Crippen LogP contribution is 2.25. The average molecular weight is 355 g/mol. The van der Waals surface area contributed by atoms with Crippen molar-refractivity contribution in [1.29, 1.82) is 0 Å². The molecule has 0 N–H and O–H groups in total. The maximum absolute atomic E-state index is 12.6. The number of carbonyl (C=O) groups is 1. The zero-order valence-corrected chi connectivity index (χ0v) is 14.5. The van der Waals surface area contributed by atoms with E-state index in [-0.39, 0.29) is 24.7 Å². The third-order valence-corrected chi connectivity index (χ3v) is 7.05. The predicted molar refractivity (Wildman–Crippen MR) is 85.0 cm³/mol. The topological polar surface area (TPSA) is 83.7 Å². The predicted octanol–water partition coefficient (Wildman–Crippen LogP) is 1.50. The van der Waals surface area contributed by atoms with Gasteiger partial charge in [0.1, 0.15) is 9.97 Å². The molecule has 2 aromatic heterocycles. The van der Waals surface area contributed by atoms with E-state index in [2.05, 4.69) is 5.16 Å². The molecule has 1 saturated heterocycles. The molecule has 0 radical (unpaired) electrons. The maximum Gasteiger partial charge on any atom is 0.276 e. The number of aryl methyl sites for hydroxylation is 2. The van der Waals surface area contributed by atoms with Gasteiger partial charge in [-0.1, -0.05) is 5.16 Å². The van der Waals surface area contributed by atoms with Crippen LogP contribution in [-0.2, 0) is 10.0 Å². The fourth-order valence-corrected chi connectivity index (χ4v) is 5.30. The highest BCUT2D eigenvalue weighted by atomic mass is 32.2. The zero-order chi connectivity index (χ0) is 16.6. The van der Waals surface area contributed by atoms with Crippen LogP contribution < -0.4 is 0 Å². The van der Waals surface area contributed by atoms with Crippen LogP contribution in [0.15, 0.2) is 26.9 Å². The SMILES string of the molecule is Cc1cc(C(=O)N2CCN(S(=O)(=O)c3ccc(C)s3)CC2)no1. The summed E-state index contributed by atoms with van der Waals surface area (Å²) in [6, 6.07) is 5.01. The molecule has 1 aliphatic heterocycles. The van der Waals surface area contributed by atoms with Crippen molar-refractivity contribution in [2.24, 2.45) is 0 Å². The second kappa shape index (κ2) is 6.06. The molecule has 0 saturated carbocycles. The molecule has 0 unspecified atom stereocenters. The molecule has 0 bridgehead atoms. The van der Waals surface area contributed by atoms with Gasteiger partial charge in [-0.2, -0.15) is 4.31 Å². The summed E-state index contributed by atoms with van der Waals surface area (Å²) in [5.74, 6) is 0.341. The monoisotopic (exact) mass is 355 g/mol. The molecule has 7 nitrogen and oxygen atoms in total. The van der Waals surface area contributed by atoms with Crippen molar-refractivity contribution in [2.75, 3.05) is 26.2 Å². The van der Waals surface area contributed by atoms with Crippen LogP contribution in [0.3, 0.4) is 0 Å². The van der Waals surface area contributed by atoms with Gasteiger partial charge in [-0.05, 0) is 26.0 Å². The molecule has 9 heteroatoms. The molecular weight excluding hydrogens is 338 g/mol. The van der Waals surface area contributed by atoms with Gasteiger partial charge in [0.2, 0.25) is 0 Å². The minimum atomic E-state index is -3.47. The summed E-state index contributed by atoms with van der Waals surface area (Å²) in [7, 11) is -3.47. The van der Waals surface area contributed by atoms with Crippen molar-refractivity contribution in [3.8, 4) is 0 Å². The lowest BCUT2D eigenvalue weighted by atomic mass is 10.3. The van der Waals surface area contributed by atoms with Gasteiger partial charge in [0.15, 0.2) is 5.69 Å². The molecule has 23 heavy (non-hydrogen) atoms. The van der Waals surface area contributed by atoms with E-state index < -0.39 is 10.0 Å². The molecular formula is C14H17N3O4S2. The summed E-state index contributed by atoms with van der Waals surface area (Å²) in [5.41, 5.74) is 0.257. The maximum atomic E-state index is 12.6. The minimum Gasteiger partial charge on any atom is -0.361 e. The van der Waals surface area contributed by atoms with Crippen molar-refractivity contribution in [3.63, 3.8) is 0 Å². The molecule has 1 aliphatic rings. The van der Waals surface area contributed by atoms with Crippen molar-refractivity contribution in [2.45, 2.75) is 18.1 Å². The largest absolute Gasteiger partial charge is 0.361 e. The van der Waals surface area contributed by atoms with Crippen LogP contribution in [0, 0.1) is 13.8 Å². The summed E-state index contributed by atoms with van der Waals surface area (Å²) < 4.78 is 31.8. The lowest BCUT2D eigenvalue weighted by Gasteiger charge is -2.33. The lowest BCUT2D eigenvalue weighted by molar-refractivity contribution is 0.0687. The fraction of sp³-hybridized carbons (Fsp3) is 0.429. The van der Waals surface area contributed by atoms with Gasteiger partial charge >= 0.3 is 0 Å². The Morgan fingerprint density at radius 3 is 2.43 bits per heavy atom. The lowest BCUT2D eigenvalue weighted by Crippen LogP contribution is -2.50. The van der Waals surface area contributed by atoms with Gasteiger partial charge in [-0.25, -0.2) is 8.42 Å². The third kappa shape index (κ3) is 3.17. The number of aromatic nitrogens is 1. The van der Waals surface area contributed by atoms with Crippen LogP contribution >= 0.6 is 11.3 Å². The van der Waals surface area contributed by atoms with Gasteiger partial charge in [-0.3, -0.25) is 4.79 Å². The molecule has 0 atom stereocenters. The number of hydrogen-bond acceptors (Lipinski definition) is 6. The summed E-state index contributed by atoms with van der Waals surface area (Å²) in [4.78, 5) is 14.8. The molecule has 1 fully saturated rings. The van der Waals surface area contributed by atoms with Gasteiger partial charge in [-0.15, -0.1) is 11.3 Å². The van der Waals surface area contributed by atoms with E-state index >= 15 is 0 Å². The van der Waals surface area contributed by atoms with Crippen LogP contribution in [0.5, 0.6) is 0 Å². The van der Waals surface area contributed by atoms with E-state index in [4.69, 9.17) is 4.52 Å². The molecule has 0 spiro atoms. The number of piperazine rings is 1. The van der Waals surface area contributed by atoms with Crippen molar-refractivity contribution >= 4 is 27.3 Å². The number of thiophene rings is 1. The summed E-state index contributed by atoms with van der Waals surface area (Å²) in [6.07, 6.45) is 0. The highest BCUT2D eigenvalue weighted by Gasteiger charge is 2.31. The Bertz CT molecular complexity index is 817. The van der Waals surface area contributed by atoms with Crippen LogP contribution in [0.25, 0.3) is 0 Å². The Morgan fingerprint density at radius 1 is 1.22 bits per heavy atom. The number of hydrogen-bond donors (Lipinski definition) is 0. The molecule has 0 aromatic carbocycles. The Hall–Kier alpha value is -1.71. The van der Waals surface area contributed by atoms with Gasteiger partial charge in [0, 0.05) is 37.1 Å². The molecule has 1 amide bonds. The minimum absolute atomic E-state index is 0.231. The summed E-state index contributed by atoms with van der Waals surface area (Å²) >= 11 is 1.26. The number of rotatable bonds is 3. The Labute approximate surface area is 138 Å². The number of carbonyl (C=O) groups excluding carboxylic acids is 1. The summed E-state index contributed by atoms with van der Waals surface area (Å²) in [5, 5.41) is 3.71. The van der Waals surface area contributed by atoms with E-state index in [0.29, 0.717) is 23.1 Å². The first kappa shape index (κ1) is 16.2. The quantitative estimate of drug-likeness (QED) is 0.833. The normalized spacial score (nSPS) is 16.7. The Kier molecular flexibility index (Phi) is 4.26. The van der Waals surface area contributed by atoms with Crippen molar-refractivity contribution in [3.05, 3.63) is 34.5 Å². The second-order valence-corrected chi connectivity index (χ2v) is 8.84. The van der Waals surface area contributed by atoms with Gasteiger partial charge < -0.3 is 9.42 Å². The third-order valence-electron chi connectivity index (χ3n) is 3.68. The van der Waals surface area contributed by atoms with E-state index in [1.165, 1.54) is 15.6 Å². The smallest absolute Gasteiger partial charge is 0.276 e. The van der Waals surface area contributed by atoms with Crippen molar-refractivity contribution < 1.29 is 17.7 Å². The fourth-order valence-electron chi connectivity index (χ4n) is 2.44. The number of amides is 1. The molecule has 2 aromatic rings. The second-order valence-electron chi connectivity index (χ2n) is 5.38. The average Bonchev–Trinajstić information content (AvgIpc) is 3.15. The first-order valence-corrected chi connectivity index (χ1v) is 9.43. The number of nitrogens with zero attached hydrogens (tertiary/aromatic N) is 3. The van der Waals surface area contributed by atoms with Crippen LogP contribution in [0.2, 0.25) is 0 Å².